The molecule has 0 saturated carbocycles. The lowest BCUT2D eigenvalue weighted by atomic mass is 10.1. The first-order chi connectivity index (χ1) is 15.0. The Kier molecular flexibility index (Phi) is 8.00. The van der Waals surface area contributed by atoms with Gasteiger partial charge in [0.25, 0.3) is 5.91 Å². The van der Waals surface area contributed by atoms with Gasteiger partial charge < -0.3 is 14.2 Å². The van der Waals surface area contributed by atoms with E-state index in [9.17, 15) is 9.59 Å². The molecule has 162 valence electrons. The summed E-state index contributed by atoms with van der Waals surface area (Å²) in [6.07, 6.45) is 3.75. The number of methoxy groups -OCH3 is 1. The molecule has 0 radical (unpaired) electrons. The highest BCUT2D eigenvalue weighted by Gasteiger charge is 2.33. The lowest BCUT2D eigenvalue weighted by molar-refractivity contribution is -0.142. The summed E-state index contributed by atoms with van der Waals surface area (Å²) in [5.41, 5.74) is 1.51. The second-order valence-corrected chi connectivity index (χ2v) is 8.78. The van der Waals surface area contributed by atoms with Gasteiger partial charge in [-0.25, -0.2) is 4.79 Å². The van der Waals surface area contributed by atoms with Gasteiger partial charge in [0, 0.05) is 4.90 Å². The number of anilines is 1. The highest BCUT2D eigenvalue weighted by Crippen LogP contribution is 2.38. The number of nitrogens with zero attached hydrogens (tertiary/aromatic N) is 1. The van der Waals surface area contributed by atoms with E-state index in [2.05, 4.69) is 4.74 Å². The van der Waals surface area contributed by atoms with E-state index in [0.717, 1.165) is 16.1 Å². The minimum absolute atomic E-state index is 0.169. The van der Waals surface area contributed by atoms with Crippen LogP contribution in [0.1, 0.15) is 12.5 Å². The Morgan fingerprint density at radius 1 is 1.19 bits per heavy atom. The number of benzene rings is 2. The van der Waals surface area contributed by atoms with E-state index in [-0.39, 0.29) is 12.5 Å². The molecule has 31 heavy (non-hydrogen) atoms. The Balaban J connectivity index is 1.85. The molecule has 0 atom stereocenters. The van der Waals surface area contributed by atoms with E-state index in [0.29, 0.717) is 27.3 Å². The van der Waals surface area contributed by atoms with Crippen molar-refractivity contribution < 1.29 is 23.8 Å². The van der Waals surface area contributed by atoms with Gasteiger partial charge in [0.2, 0.25) is 0 Å². The molecule has 1 amide bonds. The van der Waals surface area contributed by atoms with Crippen molar-refractivity contribution in [3.8, 4) is 11.5 Å². The number of ether oxygens (including phenoxy) is 3. The lowest BCUT2D eigenvalue weighted by Gasteiger charge is -2.15. The van der Waals surface area contributed by atoms with E-state index >= 15 is 0 Å². The molecular weight excluding hydrogens is 454 g/mol. The molecule has 2 aromatic rings. The van der Waals surface area contributed by atoms with Crippen molar-refractivity contribution in [2.24, 2.45) is 0 Å². The molecule has 0 N–H and O–H groups in total. The highest BCUT2D eigenvalue weighted by atomic mass is 32.2. The third-order valence-electron chi connectivity index (χ3n) is 4.24. The van der Waals surface area contributed by atoms with Crippen LogP contribution in [0.3, 0.4) is 0 Å². The van der Waals surface area contributed by atoms with Gasteiger partial charge in [-0.2, -0.15) is 0 Å². The van der Waals surface area contributed by atoms with Crippen LogP contribution in [0, 0.1) is 0 Å². The zero-order valence-corrected chi connectivity index (χ0v) is 19.7. The zero-order chi connectivity index (χ0) is 22.4. The van der Waals surface area contributed by atoms with Crippen LogP contribution < -0.4 is 14.4 Å². The SMILES string of the molecule is CCOc1cc(/C=C2/SC(=S)N(c3cccc(SC)c3)C2=O)ccc1OCC(=O)OC. The minimum atomic E-state index is -0.485. The standard InChI is InChI=1S/C22H21NO5S3/c1-4-27-18-10-14(8-9-17(18)28-13-20(24)26-2)11-19-21(25)23(22(29)31-19)15-6-5-7-16(12-15)30-3/h5-12H,4,13H2,1-3H3/b19-11+. The Labute approximate surface area is 194 Å². The minimum Gasteiger partial charge on any atom is -0.490 e. The van der Waals surface area contributed by atoms with Crippen molar-refractivity contribution in [1.29, 1.82) is 0 Å². The molecule has 1 aliphatic heterocycles. The molecule has 0 bridgehead atoms. The fourth-order valence-electron chi connectivity index (χ4n) is 2.79. The van der Waals surface area contributed by atoms with Gasteiger partial charge >= 0.3 is 5.97 Å². The summed E-state index contributed by atoms with van der Waals surface area (Å²) in [4.78, 5) is 27.5. The normalized spacial score (nSPS) is 14.8. The van der Waals surface area contributed by atoms with Gasteiger partial charge in [0.15, 0.2) is 22.4 Å². The zero-order valence-electron chi connectivity index (χ0n) is 17.2. The van der Waals surface area contributed by atoms with Gasteiger partial charge in [0.1, 0.15) is 0 Å². The van der Waals surface area contributed by atoms with Crippen LogP contribution in [0.25, 0.3) is 6.08 Å². The van der Waals surface area contributed by atoms with Crippen LogP contribution in [-0.4, -0.2) is 42.8 Å². The molecule has 3 rings (SSSR count). The predicted octanol–water partition coefficient (Wildman–Crippen LogP) is 4.76. The van der Waals surface area contributed by atoms with E-state index in [4.69, 9.17) is 21.7 Å². The largest absolute Gasteiger partial charge is 0.490 e. The third-order valence-corrected chi connectivity index (χ3v) is 6.27. The van der Waals surface area contributed by atoms with Crippen LogP contribution in [0.15, 0.2) is 52.3 Å². The van der Waals surface area contributed by atoms with Gasteiger partial charge in [-0.1, -0.05) is 36.1 Å². The average molecular weight is 476 g/mol. The molecule has 1 fully saturated rings. The maximum absolute atomic E-state index is 13.0. The molecular formula is C22H21NO5S3. The molecule has 1 heterocycles. The summed E-state index contributed by atoms with van der Waals surface area (Å²) in [7, 11) is 1.30. The number of carbonyl (C=O) groups excluding carboxylic acids is 2. The van der Waals surface area contributed by atoms with Crippen molar-refractivity contribution >= 4 is 63.7 Å². The number of hydrogen-bond donors (Lipinski definition) is 0. The van der Waals surface area contributed by atoms with E-state index < -0.39 is 5.97 Å². The van der Waals surface area contributed by atoms with Crippen molar-refractivity contribution in [2.75, 3.05) is 31.5 Å². The van der Waals surface area contributed by atoms with E-state index in [1.54, 1.807) is 40.9 Å². The van der Waals surface area contributed by atoms with Crippen LogP contribution >= 0.6 is 35.7 Å². The van der Waals surface area contributed by atoms with Gasteiger partial charge in [0.05, 0.1) is 24.3 Å². The van der Waals surface area contributed by atoms with Crippen molar-refractivity contribution in [2.45, 2.75) is 11.8 Å². The Hall–Kier alpha value is -2.49. The van der Waals surface area contributed by atoms with Gasteiger partial charge in [-0.3, -0.25) is 9.69 Å². The number of carbonyl (C=O) groups is 2. The Morgan fingerprint density at radius 3 is 2.71 bits per heavy atom. The summed E-state index contributed by atoms with van der Waals surface area (Å²) in [6.45, 7) is 2.06. The van der Waals surface area contributed by atoms with Crippen LogP contribution in [0.5, 0.6) is 11.5 Å². The fourth-order valence-corrected chi connectivity index (χ4v) is 4.54. The Morgan fingerprint density at radius 2 is 2.00 bits per heavy atom. The van der Waals surface area contributed by atoms with E-state index in [1.807, 2.05) is 37.4 Å². The van der Waals surface area contributed by atoms with Gasteiger partial charge in [-0.05, 0) is 55.2 Å². The molecule has 1 saturated heterocycles. The highest BCUT2D eigenvalue weighted by molar-refractivity contribution is 8.27. The first kappa shape index (κ1) is 23.2. The van der Waals surface area contributed by atoms with Gasteiger partial charge in [-0.15, -0.1) is 11.8 Å². The molecule has 0 aliphatic carbocycles. The lowest BCUT2D eigenvalue weighted by Crippen LogP contribution is -2.27. The Bertz CT molecular complexity index is 1040. The van der Waals surface area contributed by atoms with Crippen LogP contribution in [-0.2, 0) is 14.3 Å². The molecule has 9 heteroatoms. The maximum Gasteiger partial charge on any atom is 0.343 e. The molecule has 0 spiro atoms. The molecule has 2 aromatic carbocycles. The second kappa shape index (κ2) is 10.7. The topological polar surface area (TPSA) is 65.1 Å². The fraction of sp³-hybridized carbons (Fsp3) is 0.227. The molecule has 6 nitrogen and oxygen atoms in total. The van der Waals surface area contributed by atoms with Crippen LogP contribution in [0.4, 0.5) is 5.69 Å². The summed E-state index contributed by atoms with van der Waals surface area (Å²) >= 11 is 8.32. The van der Waals surface area contributed by atoms with Crippen molar-refractivity contribution in [3.63, 3.8) is 0 Å². The number of hydrogen-bond acceptors (Lipinski definition) is 8. The number of thioether (sulfide) groups is 2. The number of esters is 1. The summed E-state index contributed by atoms with van der Waals surface area (Å²) in [5.74, 6) is 0.243. The second-order valence-electron chi connectivity index (χ2n) is 6.22. The summed E-state index contributed by atoms with van der Waals surface area (Å²) in [6, 6.07) is 13.0. The first-order valence-corrected chi connectivity index (χ1v) is 11.8. The number of thiocarbonyl (C=S) groups is 1. The first-order valence-electron chi connectivity index (χ1n) is 9.35. The monoisotopic (exact) mass is 475 g/mol. The maximum atomic E-state index is 13.0. The third kappa shape index (κ3) is 5.61. The number of amides is 1. The molecule has 0 aromatic heterocycles. The molecule has 1 aliphatic rings. The smallest absolute Gasteiger partial charge is 0.343 e. The average Bonchev–Trinajstić information content (AvgIpc) is 3.05. The van der Waals surface area contributed by atoms with Crippen molar-refractivity contribution in [1.82, 2.24) is 0 Å². The predicted molar refractivity (Wildman–Crippen MR) is 129 cm³/mol. The summed E-state index contributed by atoms with van der Waals surface area (Å²) < 4.78 is 16.2. The number of rotatable bonds is 8. The quantitative estimate of drug-likeness (QED) is 0.234. The summed E-state index contributed by atoms with van der Waals surface area (Å²) in [5, 5.41) is 0. The van der Waals surface area contributed by atoms with E-state index in [1.165, 1.54) is 18.9 Å². The molecule has 0 unspecified atom stereocenters. The van der Waals surface area contributed by atoms with Crippen molar-refractivity contribution in [3.05, 3.63) is 52.9 Å². The van der Waals surface area contributed by atoms with Crippen LogP contribution in [0.2, 0.25) is 0 Å².